The van der Waals surface area contributed by atoms with Gasteiger partial charge in [0.25, 0.3) is 0 Å². The minimum Gasteiger partial charge on any atom is -0.325 e. The summed E-state index contributed by atoms with van der Waals surface area (Å²) in [6.07, 6.45) is 1.90. The lowest BCUT2D eigenvalue weighted by Crippen LogP contribution is -2.35. The number of hydrogen-bond donors (Lipinski definition) is 1. The van der Waals surface area contributed by atoms with E-state index < -0.39 is 0 Å². The summed E-state index contributed by atoms with van der Waals surface area (Å²) in [5.74, 6) is 0.295. The number of benzene rings is 1. The molecule has 0 saturated carbocycles. The number of carbonyl (C=O) groups is 1. The molecule has 0 unspecified atom stereocenters. The first-order valence-electron chi connectivity index (χ1n) is 5.91. The highest BCUT2D eigenvalue weighted by atomic mass is 79.9. The number of para-hydroxylation sites is 1. The Kier molecular flexibility index (Phi) is 4.18. The molecule has 0 bridgehead atoms. The van der Waals surface area contributed by atoms with Crippen LogP contribution in [0, 0.1) is 5.92 Å². The molecule has 1 aromatic rings. The highest BCUT2D eigenvalue weighted by molar-refractivity contribution is 9.10. The van der Waals surface area contributed by atoms with Crippen molar-refractivity contribution >= 4 is 27.5 Å². The number of anilines is 1. The number of likely N-dealkylation sites (tertiary alicyclic amines) is 1. The molecule has 1 aliphatic rings. The molecule has 4 heteroatoms. The molecule has 1 aliphatic heterocycles. The number of carbonyl (C=O) groups excluding carboxylic acids is 1. The minimum atomic E-state index is 0.144. The van der Waals surface area contributed by atoms with Gasteiger partial charge in [-0.1, -0.05) is 12.1 Å². The molecule has 1 heterocycles. The van der Waals surface area contributed by atoms with Gasteiger partial charge in [-0.3, -0.25) is 4.79 Å². The Morgan fingerprint density at radius 3 is 2.65 bits per heavy atom. The predicted octanol–water partition coefficient (Wildman–Crippen LogP) is 2.73. The first-order chi connectivity index (χ1) is 8.16. The van der Waals surface area contributed by atoms with Crippen LogP contribution in [-0.2, 0) is 4.79 Å². The fourth-order valence-electron chi connectivity index (χ4n) is 2.07. The zero-order valence-corrected chi connectivity index (χ0v) is 11.5. The first-order valence-corrected chi connectivity index (χ1v) is 6.70. The van der Waals surface area contributed by atoms with Crippen LogP contribution in [0.3, 0.4) is 0 Å². The third kappa shape index (κ3) is 3.30. The quantitative estimate of drug-likeness (QED) is 0.910. The summed E-state index contributed by atoms with van der Waals surface area (Å²) >= 11 is 3.44. The van der Waals surface area contributed by atoms with Crippen molar-refractivity contribution < 1.29 is 4.79 Å². The van der Waals surface area contributed by atoms with Crippen molar-refractivity contribution in [2.24, 2.45) is 5.92 Å². The van der Waals surface area contributed by atoms with Crippen molar-refractivity contribution in [2.75, 3.05) is 25.5 Å². The minimum absolute atomic E-state index is 0.144. The van der Waals surface area contributed by atoms with E-state index in [9.17, 15) is 4.79 Å². The first kappa shape index (κ1) is 12.6. The van der Waals surface area contributed by atoms with Crippen LogP contribution in [0.1, 0.15) is 12.8 Å². The lowest BCUT2D eigenvalue weighted by atomic mass is 9.96. The van der Waals surface area contributed by atoms with Gasteiger partial charge in [-0.15, -0.1) is 0 Å². The lowest BCUT2D eigenvalue weighted by molar-refractivity contribution is -0.121. The number of rotatable bonds is 2. The van der Waals surface area contributed by atoms with Gasteiger partial charge in [0.2, 0.25) is 5.91 Å². The van der Waals surface area contributed by atoms with Crippen LogP contribution in [-0.4, -0.2) is 30.9 Å². The van der Waals surface area contributed by atoms with E-state index in [0.29, 0.717) is 0 Å². The van der Waals surface area contributed by atoms with Crippen LogP contribution < -0.4 is 5.32 Å². The summed E-state index contributed by atoms with van der Waals surface area (Å²) < 4.78 is 0.932. The molecule has 1 fully saturated rings. The second-order valence-electron chi connectivity index (χ2n) is 4.55. The van der Waals surface area contributed by atoms with Gasteiger partial charge in [-0.2, -0.15) is 0 Å². The number of piperidine rings is 1. The molecule has 3 nitrogen and oxygen atoms in total. The van der Waals surface area contributed by atoms with Gasteiger partial charge in [0.15, 0.2) is 0 Å². The highest BCUT2D eigenvalue weighted by Gasteiger charge is 2.23. The molecule has 0 aliphatic carbocycles. The fraction of sp³-hybridized carbons (Fsp3) is 0.462. The lowest BCUT2D eigenvalue weighted by Gasteiger charge is -2.28. The van der Waals surface area contributed by atoms with E-state index in [-0.39, 0.29) is 11.8 Å². The number of nitrogens with one attached hydrogen (secondary N) is 1. The van der Waals surface area contributed by atoms with E-state index in [1.807, 2.05) is 24.3 Å². The maximum atomic E-state index is 12.1. The van der Waals surface area contributed by atoms with Crippen molar-refractivity contribution in [3.8, 4) is 0 Å². The number of halogens is 1. The van der Waals surface area contributed by atoms with Crippen molar-refractivity contribution in [3.05, 3.63) is 28.7 Å². The molecule has 1 aromatic carbocycles. The molecular formula is C13H17BrN2O. The Hall–Kier alpha value is -0.870. The second-order valence-corrected chi connectivity index (χ2v) is 5.40. The molecule has 0 spiro atoms. The molecule has 1 amide bonds. The Morgan fingerprint density at radius 1 is 1.35 bits per heavy atom. The summed E-state index contributed by atoms with van der Waals surface area (Å²) in [6.45, 7) is 2.02. The summed E-state index contributed by atoms with van der Waals surface area (Å²) in [5, 5.41) is 2.99. The number of amides is 1. The number of nitrogens with zero attached hydrogens (tertiary/aromatic N) is 1. The summed E-state index contributed by atoms with van der Waals surface area (Å²) in [5.41, 5.74) is 0.858. The van der Waals surface area contributed by atoms with Crippen molar-refractivity contribution in [2.45, 2.75) is 12.8 Å². The summed E-state index contributed by atoms with van der Waals surface area (Å²) in [4.78, 5) is 14.3. The van der Waals surface area contributed by atoms with Gasteiger partial charge in [-0.25, -0.2) is 0 Å². The zero-order valence-electron chi connectivity index (χ0n) is 9.95. The van der Waals surface area contributed by atoms with E-state index in [1.54, 1.807) is 0 Å². The van der Waals surface area contributed by atoms with Gasteiger partial charge in [-0.05, 0) is 61.0 Å². The second kappa shape index (κ2) is 5.65. The zero-order chi connectivity index (χ0) is 12.3. The molecule has 17 heavy (non-hydrogen) atoms. The third-order valence-electron chi connectivity index (χ3n) is 3.22. The largest absolute Gasteiger partial charge is 0.325 e. The van der Waals surface area contributed by atoms with Crippen molar-refractivity contribution in [1.82, 2.24) is 4.90 Å². The van der Waals surface area contributed by atoms with Crippen LogP contribution in [0.25, 0.3) is 0 Å². The highest BCUT2D eigenvalue weighted by Crippen LogP contribution is 2.24. The molecular weight excluding hydrogens is 280 g/mol. The Morgan fingerprint density at radius 2 is 2.00 bits per heavy atom. The van der Waals surface area contributed by atoms with Crippen LogP contribution in [0.2, 0.25) is 0 Å². The molecule has 1 saturated heterocycles. The monoisotopic (exact) mass is 296 g/mol. The van der Waals surface area contributed by atoms with E-state index in [4.69, 9.17) is 0 Å². The SMILES string of the molecule is CN1CCC(C(=O)Nc2ccccc2Br)CC1. The van der Waals surface area contributed by atoms with Crippen LogP contribution in [0.15, 0.2) is 28.7 Å². The van der Waals surface area contributed by atoms with E-state index in [2.05, 4.69) is 33.2 Å². The maximum Gasteiger partial charge on any atom is 0.227 e. The molecule has 0 aromatic heterocycles. The standard InChI is InChI=1S/C13H17BrN2O/c1-16-8-6-10(7-9-16)13(17)15-12-5-3-2-4-11(12)14/h2-5,10H,6-9H2,1H3,(H,15,17). The maximum absolute atomic E-state index is 12.1. The fourth-order valence-corrected chi connectivity index (χ4v) is 2.45. The van der Waals surface area contributed by atoms with Crippen LogP contribution in [0.4, 0.5) is 5.69 Å². The Bertz CT molecular complexity index is 400. The number of hydrogen-bond acceptors (Lipinski definition) is 2. The normalized spacial score (nSPS) is 18.0. The molecule has 0 radical (unpaired) electrons. The third-order valence-corrected chi connectivity index (χ3v) is 3.91. The Balaban J connectivity index is 1.95. The Labute approximate surface area is 110 Å². The van der Waals surface area contributed by atoms with Gasteiger partial charge >= 0.3 is 0 Å². The van der Waals surface area contributed by atoms with Gasteiger partial charge < -0.3 is 10.2 Å². The van der Waals surface area contributed by atoms with Crippen LogP contribution in [0.5, 0.6) is 0 Å². The van der Waals surface area contributed by atoms with Crippen molar-refractivity contribution in [1.29, 1.82) is 0 Å². The predicted molar refractivity (Wildman–Crippen MR) is 73.0 cm³/mol. The van der Waals surface area contributed by atoms with E-state index >= 15 is 0 Å². The van der Waals surface area contributed by atoms with E-state index in [1.165, 1.54) is 0 Å². The average molecular weight is 297 g/mol. The van der Waals surface area contributed by atoms with Gasteiger partial charge in [0, 0.05) is 10.4 Å². The van der Waals surface area contributed by atoms with Gasteiger partial charge in [0.1, 0.15) is 0 Å². The van der Waals surface area contributed by atoms with Crippen molar-refractivity contribution in [3.63, 3.8) is 0 Å². The molecule has 1 N–H and O–H groups in total. The summed E-state index contributed by atoms with van der Waals surface area (Å²) in [6, 6.07) is 7.71. The molecule has 0 atom stereocenters. The van der Waals surface area contributed by atoms with E-state index in [0.717, 1.165) is 36.1 Å². The van der Waals surface area contributed by atoms with Gasteiger partial charge in [0.05, 0.1) is 5.69 Å². The summed E-state index contributed by atoms with van der Waals surface area (Å²) in [7, 11) is 2.10. The average Bonchev–Trinajstić information content (AvgIpc) is 2.33. The molecule has 92 valence electrons. The topological polar surface area (TPSA) is 32.3 Å². The molecule has 2 rings (SSSR count). The smallest absolute Gasteiger partial charge is 0.227 e. The van der Waals surface area contributed by atoms with Crippen LogP contribution >= 0.6 is 15.9 Å².